The number of aromatic amines is 1. The van der Waals surface area contributed by atoms with E-state index in [9.17, 15) is 4.79 Å². The molecule has 2 amide bonds. The molecule has 0 radical (unpaired) electrons. The minimum absolute atomic E-state index is 0.555. The van der Waals surface area contributed by atoms with Crippen molar-refractivity contribution in [3.63, 3.8) is 0 Å². The Balaban J connectivity index is 2.00. The summed E-state index contributed by atoms with van der Waals surface area (Å²) in [6.07, 6.45) is 1.63. The van der Waals surface area contributed by atoms with E-state index in [0.717, 1.165) is 15.7 Å². The summed E-state index contributed by atoms with van der Waals surface area (Å²) < 4.78 is 0.786. The van der Waals surface area contributed by atoms with Crippen LogP contribution in [-0.2, 0) is 0 Å². The Bertz CT molecular complexity index is 786. The molecule has 0 fully saturated rings. The standard InChI is InChI=1S/C15H12BrN5O/c16-12-3-1-2-4-14(12)21(15(17)22)11-7-5-10(6-8-11)13-9-18-20-19-13/h1-9H,(H2,17,22)(H,18,19,20). The number of aromatic nitrogens is 3. The molecule has 0 aliphatic carbocycles. The first-order chi connectivity index (χ1) is 10.7. The molecular formula is C15H12BrN5O. The zero-order valence-corrected chi connectivity index (χ0v) is 13.0. The molecule has 22 heavy (non-hydrogen) atoms. The summed E-state index contributed by atoms with van der Waals surface area (Å²) in [7, 11) is 0. The van der Waals surface area contributed by atoms with E-state index in [2.05, 4.69) is 31.3 Å². The summed E-state index contributed by atoms with van der Waals surface area (Å²) >= 11 is 3.44. The largest absolute Gasteiger partial charge is 0.351 e. The Kier molecular flexibility index (Phi) is 3.88. The van der Waals surface area contributed by atoms with E-state index in [1.807, 2.05) is 48.5 Å². The number of nitrogens with zero attached hydrogens (tertiary/aromatic N) is 3. The van der Waals surface area contributed by atoms with Gasteiger partial charge in [-0.25, -0.2) is 4.79 Å². The summed E-state index contributed by atoms with van der Waals surface area (Å²) in [5, 5.41) is 10.4. The normalized spacial score (nSPS) is 10.4. The minimum atomic E-state index is -0.555. The Morgan fingerprint density at radius 2 is 1.86 bits per heavy atom. The highest BCUT2D eigenvalue weighted by atomic mass is 79.9. The van der Waals surface area contributed by atoms with E-state index in [1.54, 1.807) is 6.20 Å². The van der Waals surface area contributed by atoms with Gasteiger partial charge in [-0.3, -0.25) is 4.90 Å². The van der Waals surface area contributed by atoms with Crippen LogP contribution in [0.15, 0.2) is 59.2 Å². The zero-order chi connectivity index (χ0) is 15.5. The fourth-order valence-corrected chi connectivity index (χ4v) is 2.60. The van der Waals surface area contributed by atoms with Crippen molar-refractivity contribution in [3.8, 4) is 11.3 Å². The second-order valence-electron chi connectivity index (χ2n) is 4.53. The first-order valence-corrected chi connectivity index (χ1v) is 7.26. The molecule has 0 spiro atoms. The number of urea groups is 1. The first kappa shape index (κ1) is 14.3. The Morgan fingerprint density at radius 3 is 2.45 bits per heavy atom. The molecule has 7 heteroatoms. The third-order valence-electron chi connectivity index (χ3n) is 3.15. The highest BCUT2D eigenvalue weighted by Gasteiger charge is 2.17. The third-order valence-corrected chi connectivity index (χ3v) is 3.82. The number of halogens is 1. The smallest absolute Gasteiger partial charge is 0.323 e. The lowest BCUT2D eigenvalue weighted by Gasteiger charge is -2.22. The number of hydrogen-bond donors (Lipinski definition) is 2. The molecule has 110 valence electrons. The molecule has 0 bridgehead atoms. The van der Waals surface area contributed by atoms with Gasteiger partial charge in [0, 0.05) is 10.0 Å². The van der Waals surface area contributed by atoms with Gasteiger partial charge in [-0.05, 0) is 40.2 Å². The van der Waals surface area contributed by atoms with Crippen molar-refractivity contribution in [2.45, 2.75) is 0 Å². The van der Waals surface area contributed by atoms with Gasteiger partial charge in [-0.1, -0.05) is 24.3 Å². The van der Waals surface area contributed by atoms with E-state index >= 15 is 0 Å². The molecule has 2 aromatic carbocycles. The molecule has 3 rings (SSSR count). The molecular weight excluding hydrogens is 346 g/mol. The molecule has 0 aliphatic rings. The number of benzene rings is 2. The van der Waals surface area contributed by atoms with Crippen molar-refractivity contribution in [1.29, 1.82) is 0 Å². The van der Waals surface area contributed by atoms with Crippen molar-refractivity contribution >= 4 is 33.3 Å². The fraction of sp³-hybridized carbons (Fsp3) is 0. The van der Waals surface area contributed by atoms with Crippen molar-refractivity contribution in [1.82, 2.24) is 15.4 Å². The Labute approximate surface area is 135 Å². The van der Waals surface area contributed by atoms with Crippen LogP contribution in [0.25, 0.3) is 11.3 Å². The summed E-state index contributed by atoms with van der Waals surface area (Å²) in [6.45, 7) is 0. The SMILES string of the molecule is NC(=O)N(c1ccc(-c2cn[nH]n2)cc1)c1ccccc1Br. The maximum atomic E-state index is 11.9. The fourth-order valence-electron chi connectivity index (χ4n) is 2.14. The number of carbonyl (C=O) groups is 1. The summed E-state index contributed by atoms with van der Waals surface area (Å²) in [5.74, 6) is 0. The van der Waals surface area contributed by atoms with Gasteiger partial charge in [0.1, 0.15) is 5.69 Å². The topological polar surface area (TPSA) is 87.9 Å². The van der Waals surface area contributed by atoms with Crippen molar-refractivity contribution in [2.24, 2.45) is 5.73 Å². The number of primary amides is 1. The number of H-pyrrole nitrogens is 1. The van der Waals surface area contributed by atoms with Crippen molar-refractivity contribution in [3.05, 3.63) is 59.2 Å². The summed E-state index contributed by atoms with van der Waals surface area (Å²) in [4.78, 5) is 13.3. The summed E-state index contributed by atoms with van der Waals surface area (Å²) in [6, 6.07) is 14.2. The molecule has 3 N–H and O–H groups in total. The van der Waals surface area contributed by atoms with Crippen molar-refractivity contribution in [2.75, 3.05) is 4.90 Å². The maximum Gasteiger partial charge on any atom is 0.323 e. The number of amides is 2. The van der Waals surface area contributed by atoms with Crippen LogP contribution < -0.4 is 10.6 Å². The summed E-state index contributed by atoms with van der Waals surface area (Å²) in [5.41, 5.74) is 8.53. The van der Waals surface area contributed by atoms with Gasteiger partial charge in [0.25, 0.3) is 0 Å². The number of nitrogens with two attached hydrogens (primary N) is 1. The van der Waals surface area contributed by atoms with Gasteiger partial charge in [-0.2, -0.15) is 15.4 Å². The second kappa shape index (κ2) is 5.98. The van der Waals surface area contributed by atoms with Crippen molar-refractivity contribution < 1.29 is 4.79 Å². The van der Waals surface area contributed by atoms with Gasteiger partial charge in [0.15, 0.2) is 0 Å². The molecule has 0 aliphatic heterocycles. The van der Waals surface area contributed by atoms with Crippen LogP contribution in [0, 0.1) is 0 Å². The van der Waals surface area contributed by atoms with Crippen LogP contribution in [0.3, 0.4) is 0 Å². The number of rotatable bonds is 3. The minimum Gasteiger partial charge on any atom is -0.351 e. The molecule has 1 aromatic heterocycles. The van der Waals surface area contributed by atoms with E-state index < -0.39 is 6.03 Å². The molecule has 0 atom stereocenters. The van der Waals surface area contributed by atoms with E-state index in [1.165, 1.54) is 4.90 Å². The molecule has 0 saturated heterocycles. The predicted molar refractivity (Wildman–Crippen MR) is 87.7 cm³/mol. The lowest BCUT2D eigenvalue weighted by molar-refractivity contribution is 0.256. The van der Waals surface area contributed by atoms with Gasteiger partial charge >= 0.3 is 6.03 Å². The average molecular weight is 358 g/mol. The second-order valence-corrected chi connectivity index (χ2v) is 5.38. The van der Waals surface area contributed by atoms with Crippen LogP contribution in [0.1, 0.15) is 0 Å². The molecule has 1 heterocycles. The molecule has 0 saturated carbocycles. The van der Waals surface area contributed by atoms with Gasteiger partial charge < -0.3 is 5.73 Å². The number of carbonyl (C=O) groups excluding carboxylic acids is 1. The van der Waals surface area contributed by atoms with Crippen LogP contribution in [-0.4, -0.2) is 21.4 Å². The lowest BCUT2D eigenvalue weighted by Crippen LogP contribution is -2.31. The van der Waals surface area contributed by atoms with Crippen LogP contribution in [0.4, 0.5) is 16.2 Å². The molecule has 3 aromatic rings. The average Bonchev–Trinajstić information content (AvgIpc) is 3.04. The van der Waals surface area contributed by atoms with E-state index in [4.69, 9.17) is 5.73 Å². The molecule has 6 nitrogen and oxygen atoms in total. The van der Waals surface area contributed by atoms with E-state index in [0.29, 0.717) is 11.4 Å². The highest BCUT2D eigenvalue weighted by molar-refractivity contribution is 9.10. The number of hydrogen-bond acceptors (Lipinski definition) is 3. The third kappa shape index (κ3) is 2.71. The number of para-hydroxylation sites is 1. The lowest BCUT2D eigenvalue weighted by atomic mass is 10.1. The zero-order valence-electron chi connectivity index (χ0n) is 11.4. The van der Waals surface area contributed by atoms with Gasteiger partial charge in [0.2, 0.25) is 0 Å². The van der Waals surface area contributed by atoms with E-state index in [-0.39, 0.29) is 0 Å². The quantitative estimate of drug-likeness (QED) is 0.752. The monoisotopic (exact) mass is 357 g/mol. The van der Waals surface area contributed by atoms with Gasteiger partial charge in [-0.15, -0.1) is 0 Å². The Hall–Kier alpha value is -2.67. The first-order valence-electron chi connectivity index (χ1n) is 6.47. The molecule has 0 unspecified atom stereocenters. The van der Waals surface area contributed by atoms with Crippen LogP contribution in [0.5, 0.6) is 0 Å². The highest BCUT2D eigenvalue weighted by Crippen LogP contribution is 2.32. The van der Waals surface area contributed by atoms with Crippen LogP contribution in [0.2, 0.25) is 0 Å². The van der Waals surface area contributed by atoms with Gasteiger partial charge in [0.05, 0.1) is 17.6 Å². The number of nitrogens with one attached hydrogen (secondary N) is 1. The maximum absolute atomic E-state index is 11.9. The van der Waals surface area contributed by atoms with Crippen LogP contribution >= 0.6 is 15.9 Å². The Morgan fingerprint density at radius 1 is 1.14 bits per heavy atom. The predicted octanol–water partition coefficient (Wildman–Crippen LogP) is 3.45. The number of anilines is 2.